The van der Waals surface area contributed by atoms with Gasteiger partial charge in [0.1, 0.15) is 0 Å². The third-order valence-electron chi connectivity index (χ3n) is 5.93. The van der Waals surface area contributed by atoms with Crippen LogP contribution in [0.15, 0.2) is 66.9 Å². The SMILES string of the molecule is CS(=O)(=O)Nc1ccccc1-c1ccc([C@]2(NC(=O)Nc3ccc(C(F)(F)F)cc3)CCCNC2=O)nc1. The minimum absolute atomic E-state index is 0.111. The summed E-state index contributed by atoms with van der Waals surface area (Å²) in [6.45, 7) is 0.408. The molecule has 4 rings (SSSR count). The van der Waals surface area contributed by atoms with E-state index in [1.165, 1.54) is 6.20 Å². The third kappa shape index (κ3) is 6.05. The Morgan fingerprint density at radius 3 is 2.37 bits per heavy atom. The Balaban J connectivity index is 1.60. The molecule has 38 heavy (non-hydrogen) atoms. The molecule has 0 radical (unpaired) electrons. The zero-order valence-electron chi connectivity index (χ0n) is 20.1. The van der Waals surface area contributed by atoms with Crippen molar-refractivity contribution >= 4 is 33.3 Å². The molecule has 9 nitrogen and oxygen atoms in total. The number of nitrogens with one attached hydrogen (secondary N) is 4. The summed E-state index contributed by atoms with van der Waals surface area (Å²) in [6, 6.07) is 13.1. The standard InChI is InChI=1S/C25H24F3N5O4S/c1-38(36,37)33-20-6-3-2-5-19(20)16-7-12-21(30-15-16)24(13-4-14-29-22(24)34)32-23(35)31-18-10-8-17(9-11-18)25(26,27)28/h2-3,5-12,15,33H,4,13-14H2,1H3,(H,29,34)(H2,31,32,35)/t24-/m1/s1. The maximum atomic E-state index is 13.0. The number of alkyl halides is 3. The van der Waals surface area contributed by atoms with E-state index < -0.39 is 39.2 Å². The predicted octanol–water partition coefficient (Wildman–Crippen LogP) is 4.07. The van der Waals surface area contributed by atoms with Gasteiger partial charge >= 0.3 is 12.2 Å². The molecule has 1 aliphatic rings. The minimum atomic E-state index is -4.51. The van der Waals surface area contributed by atoms with Crippen LogP contribution in [0.5, 0.6) is 0 Å². The van der Waals surface area contributed by atoms with Gasteiger partial charge in [-0.25, -0.2) is 13.2 Å². The Bertz CT molecular complexity index is 1450. The van der Waals surface area contributed by atoms with Crippen molar-refractivity contribution in [2.24, 2.45) is 0 Å². The minimum Gasteiger partial charge on any atom is -0.354 e. The highest BCUT2D eigenvalue weighted by molar-refractivity contribution is 7.92. The van der Waals surface area contributed by atoms with Gasteiger partial charge in [0, 0.05) is 29.6 Å². The molecule has 1 atom stereocenters. The van der Waals surface area contributed by atoms with E-state index in [9.17, 15) is 31.2 Å². The number of anilines is 2. The van der Waals surface area contributed by atoms with Crippen LogP contribution in [0.1, 0.15) is 24.1 Å². The van der Waals surface area contributed by atoms with Crippen molar-refractivity contribution < 1.29 is 31.2 Å². The van der Waals surface area contributed by atoms with Crippen molar-refractivity contribution in [2.45, 2.75) is 24.6 Å². The van der Waals surface area contributed by atoms with Gasteiger partial charge in [-0.3, -0.25) is 14.5 Å². The Morgan fingerprint density at radius 2 is 1.76 bits per heavy atom. The second-order valence-electron chi connectivity index (χ2n) is 8.77. The number of rotatable bonds is 6. The van der Waals surface area contributed by atoms with E-state index >= 15 is 0 Å². The van der Waals surface area contributed by atoms with Crippen LogP contribution in [-0.2, 0) is 26.5 Å². The lowest BCUT2D eigenvalue weighted by atomic mass is 9.85. The van der Waals surface area contributed by atoms with Crippen molar-refractivity contribution in [3.8, 4) is 11.1 Å². The van der Waals surface area contributed by atoms with Gasteiger partial charge < -0.3 is 16.0 Å². The number of carbonyl (C=O) groups excluding carboxylic acids is 2. The first-order valence-electron chi connectivity index (χ1n) is 11.5. The van der Waals surface area contributed by atoms with E-state index in [4.69, 9.17) is 0 Å². The molecular weight excluding hydrogens is 523 g/mol. The molecule has 4 N–H and O–H groups in total. The molecule has 200 valence electrons. The van der Waals surface area contributed by atoms with Crippen LogP contribution in [0.4, 0.5) is 29.3 Å². The average Bonchev–Trinajstić information content (AvgIpc) is 2.85. The van der Waals surface area contributed by atoms with Crippen molar-refractivity contribution in [1.29, 1.82) is 0 Å². The molecule has 3 aromatic rings. The summed E-state index contributed by atoms with van der Waals surface area (Å²) in [5, 5.41) is 7.84. The molecule has 1 fully saturated rings. The molecular formula is C25H24F3N5O4S. The number of hydrogen-bond acceptors (Lipinski definition) is 5. The van der Waals surface area contributed by atoms with Crippen LogP contribution in [-0.4, -0.2) is 38.1 Å². The fraction of sp³-hybridized carbons (Fsp3) is 0.240. The monoisotopic (exact) mass is 547 g/mol. The molecule has 0 spiro atoms. The van der Waals surface area contributed by atoms with Crippen molar-refractivity contribution in [1.82, 2.24) is 15.6 Å². The number of piperidine rings is 1. The van der Waals surface area contributed by atoms with E-state index in [2.05, 4.69) is 25.7 Å². The topological polar surface area (TPSA) is 129 Å². The maximum Gasteiger partial charge on any atom is 0.416 e. The summed E-state index contributed by atoms with van der Waals surface area (Å²) in [5.41, 5.74) is -0.548. The number of nitrogens with zero attached hydrogens (tertiary/aromatic N) is 1. The first kappa shape index (κ1) is 26.9. The first-order chi connectivity index (χ1) is 17.9. The highest BCUT2D eigenvalue weighted by Crippen LogP contribution is 2.33. The number of pyridine rings is 1. The number of amides is 3. The van der Waals surface area contributed by atoms with Crippen LogP contribution in [0.25, 0.3) is 11.1 Å². The van der Waals surface area contributed by atoms with Crippen LogP contribution in [0, 0.1) is 0 Å². The second-order valence-corrected chi connectivity index (χ2v) is 10.5. The van der Waals surface area contributed by atoms with Crippen LogP contribution in [0.3, 0.4) is 0 Å². The zero-order valence-corrected chi connectivity index (χ0v) is 20.9. The van der Waals surface area contributed by atoms with Crippen LogP contribution >= 0.6 is 0 Å². The van der Waals surface area contributed by atoms with Crippen LogP contribution in [0.2, 0.25) is 0 Å². The van der Waals surface area contributed by atoms with Gasteiger partial charge in [0.15, 0.2) is 5.54 Å². The lowest BCUT2D eigenvalue weighted by Gasteiger charge is -2.36. The van der Waals surface area contributed by atoms with E-state index in [-0.39, 0.29) is 17.8 Å². The Hall–Kier alpha value is -4.13. The van der Waals surface area contributed by atoms with Crippen molar-refractivity contribution in [3.05, 3.63) is 78.1 Å². The second kappa shape index (κ2) is 10.3. The van der Waals surface area contributed by atoms with E-state index in [0.29, 0.717) is 29.8 Å². The Labute approximate surface area is 216 Å². The van der Waals surface area contributed by atoms with E-state index in [1.807, 2.05) is 0 Å². The lowest BCUT2D eigenvalue weighted by molar-refractivity contribution is -0.137. The molecule has 2 heterocycles. The van der Waals surface area contributed by atoms with E-state index in [1.54, 1.807) is 36.4 Å². The number of hydrogen-bond donors (Lipinski definition) is 4. The fourth-order valence-corrected chi connectivity index (χ4v) is 4.75. The summed E-state index contributed by atoms with van der Waals surface area (Å²) in [5.74, 6) is -0.481. The molecule has 13 heteroatoms. The van der Waals surface area contributed by atoms with Gasteiger partial charge in [0.25, 0.3) is 5.91 Å². The summed E-state index contributed by atoms with van der Waals surface area (Å²) in [6.07, 6.45) is -1.23. The molecule has 2 aromatic carbocycles. The molecule has 0 aliphatic carbocycles. The predicted molar refractivity (Wildman–Crippen MR) is 136 cm³/mol. The van der Waals surface area contributed by atoms with Gasteiger partial charge in [-0.15, -0.1) is 0 Å². The number of sulfonamides is 1. The molecule has 1 aromatic heterocycles. The number of halogens is 3. The van der Waals surface area contributed by atoms with Gasteiger partial charge in [-0.1, -0.05) is 24.3 Å². The summed E-state index contributed by atoms with van der Waals surface area (Å²) >= 11 is 0. The third-order valence-corrected chi connectivity index (χ3v) is 6.52. The quantitative estimate of drug-likeness (QED) is 0.370. The Morgan fingerprint density at radius 1 is 1.05 bits per heavy atom. The first-order valence-corrected chi connectivity index (χ1v) is 13.3. The summed E-state index contributed by atoms with van der Waals surface area (Å²) in [7, 11) is -3.53. The molecule has 0 unspecified atom stereocenters. The smallest absolute Gasteiger partial charge is 0.354 e. The molecule has 0 bridgehead atoms. The number of carbonyl (C=O) groups is 2. The number of aromatic nitrogens is 1. The molecule has 3 amide bonds. The number of benzene rings is 2. The normalized spacial score (nSPS) is 17.8. The van der Waals surface area contributed by atoms with Crippen molar-refractivity contribution in [3.63, 3.8) is 0 Å². The van der Waals surface area contributed by atoms with Crippen molar-refractivity contribution in [2.75, 3.05) is 22.8 Å². The van der Waals surface area contributed by atoms with Gasteiger partial charge in [-0.2, -0.15) is 13.2 Å². The largest absolute Gasteiger partial charge is 0.416 e. The zero-order chi connectivity index (χ0) is 27.6. The molecule has 1 aliphatic heterocycles. The number of urea groups is 1. The van der Waals surface area contributed by atoms with Gasteiger partial charge in [0.2, 0.25) is 10.0 Å². The number of para-hydroxylation sites is 1. The van der Waals surface area contributed by atoms with E-state index in [0.717, 1.165) is 30.5 Å². The average molecular weight is 548 g/mol. The fourth-order valence-electron chi connectivity index (χ4n) is 4.18. The molecule has 1 saturated heterocycles. The molecule has 0 saturated carbocycles. The highest BCUT2D eigenvalue weighted by Gasteiger charge is 2.44. The lowest BCUT2D eigenvalue weighted by Crippen LogP contribution is -2.60. The summed E-state index contributed by atoms with van der Waals surface area (Å²) in [4.78, 5) is 30.3. The summed E-state index contributed by atoms with van der Waals surface area (Å²) < 4.78 is 64.4. The Kier molecular flexibility index (Phi) is 7.31. The maximum absolute atomic E-state index is 13.0. The van der Waals surface area contributed by atoms with Gasteiger partial charge in [0.05, 0.1) is 23.2 Å². The highest BCUT2D eigenvalue weighted by atomic mass is 32.2. The van der Waals surface area contributed by atoms with Gasteiger partial charge in [-0.05, 0) is 49.2 Å². The van der Waals surface area contributed by atoms with Crippen LogP contribution < -0.4 is 20.7 Å².